The highest BCUT2D eigenvalue weighted by atomic mass is 35.5. The van der Waals surface area contributed by atoms with Gasteiger partial charge in [-0.3, -0.25) is 4.90 Å². The second-order valence-electron chi connectivity index (χ2n) is 6.22. The van der Waals surface area contributed by atoms with Crippen molar-refractivity contribution in [1.29, 1.82) is 0 Å². The van der Waals surface area contributed by atoms with Gasteiger partial charge in [-0.1, -0.05) is 25.0 Å². The monoisotopic (exact) mass is 292 g/mol. The molecule has 3 heteroatoms. The SMILES string of the molecule is Cc1cc(CCl)ccc1N1CCN(C2CCCC2)CC1. The molecule has 2 nitrogen and oxygen atoms in total. The molecule has 0 atom stereocenters. The molecule has 0 aromatic heterocycles. The van der Waals surface area contributed by atoms with Gasteiger partial charge in [0.05, 0.1) is 0 Å². The smallest absolute Gasteiger partial charge is 0.0474 e. The van der Waals surface area contributed by atoms with Crippen LogP contribution in [-0.4, -0.2) is 37.1 Å². The number of hydrogen-bond acceptors (Lipinski definition) is 2. The van der Waals surface area contributed by atoms with Gasteiger partial charge in [-0.25, -0.2) is 0 Å². The summed E-state index contributed by atoms with van der Waals surface area (Å²) in [6, 6.07) is 7.51. The summed E-state index contributed by atoms with van der Waals surface area (Å²) in [5.41, 5.74) is 3.97. The zero-order chi connectivity index (χ0) is 13.9. The molecular formula is C17H25ClN2. The van der Waals surface area contributed by atoms with E-state index in [1.165, 1.54) is 55.6 Å². The maximum Gasteiger partial charge on any atom is 0.0474 e. The Kier molecular flexibility index (Phi) is 4.52. The number of anilines is 1. The number of piperazine rings is 1. The molecule has 1 aliphatic heterocycles. The van der Waals surface area contributed by atoms with E-state index in [0.29, 0.717) is 5.88 Å². The van der Waals surface area contributed by atoms with Gasteiger partial charge in [-0.15, -0.1) is 11.6 Å². The first-order chi connectivity index (χ1) is 9.78. The first-order valence-electron chi connectivity index (χ1n) is 7.92. The van der Waals surface area contributed by atoms with E-state index >= 15 is 0 Å². The standard InChI is InChI=1S/C17H25ClN2/c1-14-12-15(13-18)6-7-17(14)20-10-8-19(9-11-20)16-4-2-3-5-16/h6-7,12,16H,2-5,8-11,13H2,1H3. The van der Waals surface area contributed by atoms with E-state index in [9.17, 15) is 0 Å². The molecule has 2 aliphatic rings. The van der Waals surface area contributed by atoms with Crippen LogP contribution >= 0.6 is 11.6 Å². The van der Waals surface area contributed by atoms with Crippen LogP contribution in [0.5, 0.6) is 0 Å². The fourth-order valence-electron chi connectivity index (χ4n) is 3.75. The Bertz CT molecular complexity index is 446. The maximum atomic E-state index is 5.91. The molecular weight excluding hydrogens is 268 g/mol. The second-order valence-corrected chi connectivity index (χ2v) is 6.48. The average Bonchev–Trinajstić information content (AvgIpc) is 3.01. The number of benzene rings is 1. The molecule has 0 N–H and O–H groups in total. The highest BCUT2D eigenvalue weighted by molar-refractivity contribution is 6.17. The molecule has 1 saturated carbocycles. The molecule has 2 fully saturated rings. The van der Waals surface area contributed by atoms with Crippen molar-refractivity contribution in [2.75, 3.05) is 31.1 Å². The summed E-state index contributed by atoms with van der Waals surface area (Å²) < 4.78 is 0. The lowest BCUT2D eigenvalue weighted by molar-refractivity contribution is 0.187. The van der Waals surface area contributed by atoms with Crippen molar-refractivity contribution < 1.29 is 0 Å². The summed E-state index contributed by atoms with van der Waals surface area (Å²) in [5, 5.41) is 0. The molecule has 0 unspecified atom stereocenters. The van der Waals surface area contributed by atoms with Crippen molar-refractivity contribution in [3.05, 3.63) is 29.3 Å². The van der Waals surface area contributed by atoms with Gasteiger partial charge in [0.2, 0.25) is 0 Å². The number of nitrogens with zero attached hydrogens (tertiary/aromatic N) is 2. The Morgan fingerprint density at radius 2 is 1.80 bits per heavy atom. The summed E-state index contributed by atoms with van der Waals surface area (Å²) >= 11 is 5.91. The van der Waals surface area contributed by atoms with Crippen LogP contribution in [0.1, 0.15) is 36.8 Å². The van der Waals surface area contributed by atoms with Gasteiger partial charge >= 0.3 is 0 Å². The Morgan fingerprint density at radius 3 is 2.40 bits per heavy atom. The average molecular weight is 293 g/mol. The minimum absolute atomic E-state index is 0.608. The van der Waals surface area contributed by atoms with Crippen molar-refractivity contribution in [1.82, 2.24) is 4.90 Å². The molecule has 0 bridgehead atoms. The van der Waals surface area contributed by atoms with E-state index < -0.39 is 0 Å². The summed E-state index contributed by atoms with van der Waals surface area (Å²) in [5.74, 6) is 0.608. The molecule has 1 heterocycles. The first kappa shape index (κ1) is 14.2. The fourth-order valence-corrected chi connectivity index (χ4v) is 3.92. The molecule has 1 aromatic rings. The number of alkyl halides is 1. The van der Waals surface area contributed by atoms with E-state index in [-0.39, 0.29) is 0 Å². The Morgan fingerprint density at radius 1 is 1.10 bits per heavy atom. The van der Waals surface area contributed by atoms with E-state index in [0.717, 1.165) is 19.1 Å². The van der Waals surface area contributed by atoms with Gasteiger partial charge in [-0.2, -0.15) is 0 Å². The number of hydrogen-bond donors (Lipinski definition) is 0. The topological polar surface area (TPSA) is 6.48 Å². The lowest BCUT2D eigenvalue weighted by atomic mass is 10.1. The quantitative estimate of drug-likeness (QED) is 0.782. The van der Waals surface area contributed by atoms with Crippen molar-refractivity contribution in [2.24, 2.45) is 0 Å². The van der Waals surface area contributed by atoms with Gasteiger partial charge in [0.15, 0.2) is 0 Å². The number of rotatable bonds is 3. The summed E-state index contributed by atoms with van der Waals surface area (Å²) in [6.07, 6.45) is 5.71. The van der Waals surface area contributed by atoms with Gasteiger partial charge < -0.3 is 4.90 Å². The highest BCUT2D eigenvalue weighted by Crippen LogP contribution is 2.27. The summed E-state index contributed by atoms with van der Waals surface area (Å²) in [7, 11) is 0. The lowest BCUT2D eigenvalue weighted by Crippen LogP contribution is -2.49. The fraction of sp³-hybridized carbons (Fsp3) is 0.647. The van der Waals surface area contributed by atoms with Crippen LogP contribution < -0.4 is 4.90 Å². The third-order valence-corrected chi connectivity index (χ3v) is 5.22. The van der Waals surface area contributed by atoms with Crippen LogP contribution in [0.15, 0.2) is 18.2 Å². The third kappa shape index (κ3) is 2.96. The Labute approximate surface area is 127 Å². The van der Waals surface area contributed by atoms with Crippen LogP contribution in [0.3, 0.4) is 0 Å². The van der Waals surface area contributed by atoms with Crippen LogP contribution in [0.25, 0.3) is 0 Å². The van der Waals surface area contributed by atoms with E-state index in [4.69, 9.17) is 11.6 Å². The molecule has 1 aliphatic carbocycles. The minimum Gasteiger partial charge on any atom is -0.369 e. The molecule has 110 valence electrons. The first-order valence-corrected chi connectivity index (χ1v) is 8.46. The third-order valence-electron chi connectivity index (χ3n) is 4.91. The number of halogens is 1. The van der Waals surface area contributed by atoms with Crippen LogP contribution in [0.4, 0.5) is 5.69 Å². The zero-order valence-corrected chi connectivity index (χ0v) is 13.2. The van der Waals surface area contributed by atoms with Gasteiger partial charge in [0.1, 0.15) is 0 Å². The lowest BCUT2D eigenvalue weighted by Gasteiger charge is -2.39. The Hall–Kier alpha value is -0.730. The minimum atomic E-state index is 0.608. The van der Waals surface area contributed by atoms with Crippen LogP contribution in [0, 0.1) is 6.92 Å². The van der Waals surface area contributed by atoms with Gasteiger partial charge in [0.25, 0.3) is 0 Å². The molecule has 0 radical (unpaired) electrons. The number of aryl methyl sites for hydroxylation is 1. The zero-order valence-electron chi connectivity index (χ0n) is 12.4. The maximum absolute atomic E-state index is 5.91. The predicted molar refractivity (Wildman–Crippen MR) is 86.8 cm³/mol. The van der Waals surface area contributed by atoms with E-state index in [1.54, 1.807) is 0 Å². The van der Waals surface area contributed by atoms with Crippen molar-refractivity contribution in [3.63, 3.8) is 0 Å². The molecule has 20 heavy (non-hydrogen) atoms. The molecule has 1 saturated heterocycles. The van der Waals surface area contributed by atoms with Crippen molar-refractivity contribution in [3.8, 4) is 0 Å². The van der Waals surface area contributed by atoms with Crippen molar-refractivity contribution in [2.45, 2.75) is 44.5 Å². The summed E-state index contributed by atoms with van der Waals surface area (Å²) in [4.78, 5) is 5.25. The molecule has 3 rings (SSSR count). The van der Waals surface area contributed by atoms with Gasteiger partial charge in [0, 0.05) is 43.8 Å². The predicted octanol–water partition coefficient (Wildman–Crippen LogP) is 3.80. The highest BCUT2D eigenvalue weighted by Gasteiger charge is 2.26. The van der Waals surface area contributed by atoms with Gasteiger partial charge in [-0.05, 0) is 37.0 Å². The second kappa shape index (κ2) is 6.36. The Balaban J connectivity index is 1.62. The normalized spacial score (nSPS) is 21.6. The van der Waals surface area contributed by atoms with Crippen molar-refractivity contribution >= 4 is 17.3 Å². The van der Waals surface area contributed by atoms with E-state index in [2.05, 4.69) is 34.9 Å². The summed E-state index contributed by atoms with van der Waals surface area (Å²) in [6.45, 7) is 6.98. The molecule has 0 amide bonds. The van der Waals surface area contributed by atoms with Crippen LogP contribution in [0.2, 0.25) is 0 Å². The van der Waals surface area contributed by atoms with Crippen LogP contribution in [-0.2, 0) is 5.88 Å². The van der Waals surface area contributed by atoms with E-state index in [1.807, 2.05) is 0 Å². The molecule has 0 spiro atoms. The molecule has 1 aromatic carbocycles. The largest absolute Gasteiger partial charge is 0.369 e.